The number of amides is 1. The van der Waals surface area contributed by atoms with Gasteiger partial charge in [0.2, 0.25) is 0 Å². The molecular formula is C24H26N4O3S. The van der Waals surface area contributed by atoms with Gasteiger partial charge in [-0.1, -0.05) is 29.5 Å². The molecule has 7 nitrogen and oxygen atoms in total. The molecule has 0 fully saturated rings. The molecule has 0 aliphatic rings. The van der Waals surface area contributed by atoms with Gasteiger partial charge in [0.05, 0.1) is 17.6 Å². The van der Waals surface area contributed by atoms with E-state index >= 15 is 0 Å². The highest BCUT2D eigenvalue weighted by atomic mass is 32.1. The number of fused-ring (bicyclic) bond motifs is 1. The summed E-state index contributed by atoms with van der Waals surface area (Å²) in [7, 11) is 0. The number of nitrogens with zero attached hydrogens (tertiary/aromatic N) is 4. The molecule has 2 heterocycles. The van der Waals surface area contributed by atoms with Gasteiger partial charge in [0, 0.05) is 25.5 Å². The lowest BCUT2D eigenvalue weighted by Crippen LogP contribution is -2.36. The van der Waals surface area contributed by atoms with Crippen molar-refractivity contribution in [3.8, 4) is 11.5 Å². The van der Waals surface area contributed by atoms with E-state index in [1.807, 2.05) is 67.1 Å². The summed E-state index contributed by atoms with van der Waals surface area (Å²) >= 11 is 1.49. The van der Waals surface area contributed by atoms with Crippen molar-refractivity contribution in [2.75, 3.05) is 24.7 Å². The summed E-state index contributed by atoms with van der Waals surface area (Å²) in [4.78, 5) is 23.8. The van der Waals surface area contributed by atoms with Crippen molar-refractivity contribution in [2.45, 2.75) is 26.8 Å². The predicted molar refractivity (Wildman–Crippen MR) is 127 cm³/mol. The molecule has 0 saturated heterocycles. The van der Waals surface area contributed by atoms with Gasteiger partial charge in [-0.3, -0.25) is 9.69 Å². The molecule has 32 heavy (non-hydrogen) atoms. The maximum Gasteiger partial charge on any atom is 0.266 e. The fourth-order valence-corrected chi connectivity index (χ4v) is 4.41. The zero-order valence-electron chi connectivity index (χ0n) is 18.2. The number of benzene rings is 2. The number of ether oxygens (including phenoxy) is 2. The molecule has 0 bridgehead atoms. The number of carbonyl (C=O) groups is 1. The topological polar surface area (TPSA) is 69.5 Å². The summed E-state index contributed by atoms with van der Waals surface area (Å²) in [5.74, 6) is 1.28. The number of thiazole rings is 1. The Morgan fingerprint density at radius 3 is 2.84 bits per heavy atom. The number of carbonyl (C=O) groups excluding carboxylic acids is 1. The molecule has 166 valence electrons. The van der Waals surface area contributed by atoms with Gasteiger partial charge >= 0.3 is 0 Å². The number of hydrogen-bond donors (Lipinski definition) is 0. The first kappa shape index (κ1) is 21.8. The second kappa shape index (κ2) is 10.3. The van der Waals surface area contributed by atoms with Crippen molar-refractivity contribution in [1.29, 1.82) is 0 Å². The Bertz CT molecular complexity index is 1170. The molecule has 4 rings (SSSR count). The second-order valence-electron chi connectivity index (χ2n) is 7.34. The van der Waals surface area contributed by atoms with Crippen LogP contribution in [0.25, 0.3) is 10.2 Å². The van der Waals surface area contributed by atoms with E-state index in [-0.39, 0.29) is 12.5 Å². The minimum atomic E-state index is -0.130. The smallest absolute Gasteiger partial charge is 0.266 e. The van der Waals surface area contributed by atoms with E-state index < -0.39 is 0 Å². The summed E-state index contributed by atoms with van der Waals surface area (Å²) in [6, 6.07) is 13.5. The van der Waals surface area contributed by atoms with Gasteiger partial charge in [-0.25, -0.2) is 9.97 Å². The summed E-state index contributed by atoms with van der Waals surface area (Å²) in [6.07, 6.45) is 6.21. The van der Waals surface area contributed by atoms with Crippen LogP contribution in [0.5, 0.6) is 11.5 Å². The number of hydrogen-bond acceptors (Lipinski definition) is 6. The molecule has 4 aromatic rings. The van der Waals surface area contributed by atoms with Gasteiger partial charge < -0.3 is 14.0 Å². The molecule has 0 aliphatic carbocycles. The first-order chi connectivity index (χ1) is 15.6. The Balaban J connectivity index is 1.54. The van der Waals surface area contributed by atoms with Crippen LogP contribution in [0, 0.1) is 6.92 Å². The van der Waals surface area contributed by atoms with Crippen LogP contribution in [0.15, 0.2) is 61.2 Å². The number of rotatable bonds is 10. The van der Waals surface area contributed by atoms with Crippen LogP contribution in [0.3, 0.4) is 0 Å². The highest BCUT2D eigenvalue weighted by Crippen LogP contribution is 2.34. The Morgan fingerprint density at radius 1 is 1.19 bits per heavy atom. The van der Waals surface area contributed by atoms with E-state index in [1.54, 1.807) is 17.4 Å². The summed E-state index contributed by atoms with van der Waals surface area (Å²) < 4.78 is 14.5. The van der Waals surface area contributed by atoms with Crippen LogP contribution < -0.4 is 14.4 Å². The zero-order valence-corrected chi connectivity index (χ0v) is 19.0. The molecule has 0 N–H and O–H groups in total. The third-order valence-corrected chi connectivity index (χ3v) is 5.96. The lowest BCUT2D eigenvalue weighted by molar-refractivity contribution is -0.120. The summed E-state index contributed by atoms with van der Waals surface area (Å²) in [5.41, 5.74) is 1.86. The van der Waals surface area contributed by atoms with E-state index in [0.717, 1.165) is 34.5 Å². The maximum atomic E-state index is 13.2. The van der Waals surface area contributed by atoms with E-state index in [4.69, 9.17) is 14.5 Å². The molecule has 8 heteroatoms. The Kier molecular flexibility index (Phi) is 7.01. The van der Waals surface area contributed by atoms with E-state index in [1.165, 1.54) is 11.3 Å². The average molecular weight is 451 g/mol. The molecule has 0 saturated carbocycles. The molecule has 0 atom stereocenters. The highest BCUT2D eigenvalue weighted by Gasteiger charge is 2.21. The molecule has 2 aromatic heterocycles. The normalized spacial score (nSPS) is 10.9. The van der Waals surface area contributed by atoms with Gasteiger partial charge in [0.15, 0.2) is 11.7 Å². The molecule has 0 radical (unpaired) electrons. The van der Waals surface area contributed by atoms with Crippen molar-refractivity contribution < 1.29 is 14.3 Å². The van der Waals surface area contributed by atoms with Crippen molar-refractivity contribution >= 4 is 32.6 Å². The molecule has 0 spiro atoms. The van der Waals surface area contributed by atoms with Crippen LogP contribution in [0.1, 0.15) is 18.9 Å². The number of aromatic nitrogens is 3. The number of anilines is 1. The number of aryl methyl sites for hydroxylation is 2. The SMILES string of the molecule is CCOc1cccc2sc(N(CCCn3ccnc3)C(=O)COc3cccc(C)c3)nc12. The fourth-order valence-electron chi connectivity index (χ4n) is 3.38. The molecule has 0 unspecified atom stereocenters. The highest BCUT2D eigenvalue weighted by molar-refractivity contribution is 7.22. The van der Waals surface area contributed by atoms with E-state index in [2.05, 4.69) is 4.98 Å². The zero-order chi connectivity index (χ0) is 22.3. The van der Waals surface area contributed by atoms with Gasteiger partial charge in [0.25, 0.3) is 5.91 Å². The summed E-state index contributed by atoms with van der Waals surface area (Å²) in [5, 5.41) is 0.649. The van der Waals surface area contributed by atoms with Crippen molar-refractivity contribution in [1.82, 2.24) is 14.5 Å². The fraction of sp³-hybridized carbons (Fsp3) is 0.292. The second-order valence-corrected chi connectivity index (χ2v) is 8.35. The largest absolute Gasteiger partial charge is 0.492 e. The minimum Gasteiger partial charge on any atom is -0.492 e. The van der Waals surface area contributed by atoms with Crippen molar-refractivity contribution in [2.24, 2.45) is 0 Å². The monoisotopic (exact) mass is 450 g/mol. The maximum absolute atomic E-state index is 13.2. The molecule has 0 aliphatic heterocycles. The van der Waals surface area contributed by atoms with Gasteiger partial charge in [-0.05, 0) is 50.1 Å². The lowest BCUT2D eigenvalue weighted by atomic mass is 10.2. The minimum absolute atomic E-state index is 0.0528. The van der Waals surface area contributed by atoms with Crippen LogP contribution in [0.4, 0.5) is 5.13 Å². The van der Waals surface area contributed by atoms with Crippen molar-refractivity contribution in [3.05, 3.63) is 66.7 Å². The first-order valence-electron chi connectivity index (χ1n) is 10.6. The Morgan fingerprint density at radius 2 is 2.06 bits per heavy atom. The van der Waals surface area contributed by atoms with E-state index in [9.17, 15) is 4.79 Å². The van der Waals surface area contributed by atoms with Crippen LogP contribution in [-0.2, 0) is 11.3 Å². The van der Waals surface area contributed by atoms with E-state index in [0.29, 0.717) is 24.0 Å². The summed E-state index contributed by atoms with van der Waals surface area (Å²) in [6.45, 7) is 5.73. The average Bonchev–Trinajstić information content (AvgIpc) is 3.46. The molecule has 1 amide bonds. The third-order valence-electron chi connectivity index (χ3n) is 4.91. The standard InChI is InChI=1S/C24H26N4O3S/c1-3-30-20-9-5-10-21-23(20)26-24(32-21)28(13-6-12-27-14-11-25-17-27)22(29)16-31-19-8-4-7-18(2)15-19/h4-5,7-11,14-15,17H,3,6,12-13,16H2,1-2H3. The Hall–Kier alpha value is -3.39. The van der Waals surface area contributed by atoms with Gasteiger partial charge in [-0.2, -0.15) is 0 Å². The molecular weight excluding hydrogens is 424 g/mol. The number of imidazole rings is 1. The first-order valence-corrected chi connectivity index (χ1v) is 11.4. The Labute approximate surface area is 191 Å². The van der Waals surface area contributed by atoms with Crippen LogP contribution in [-0.4, -0.2) is 40.2 Å². The van der Waals surface area contributed by atoms with Crippen LogP contribution in [0.2, 0.25) is 0 Å². The van der Waals surface area contributed by atoms with Gasteiger partial charge in [0.1, 0.15) is 17.0 Å². The lowest BCUT2D eigenvalue weighted by Gasteiger charge is -2.20. The van der Waals surface area contributed by atoms with Crippen LogP contribution >= 0.6 is 11.3 Å². The quantitative estimate of drug-likeness (QED) is 0.350. The van der Waals surface area contributed by atoms with Crippen molar-refractivity contribution in [3.63, 3.8) is 0 Å². The number of para-hydroxylation sites is 1. The third kappa shape index (κ3) is 5.26. The molecule has 2 aromatic carbocycles. The predicted octanol–water partition coefficient (Wildman–Crippen LogP) is 4.70. The van der Waals surface area contributed by atoms with Gasteiger partial charge in [-0.15, -0.1) is 0 Å².